The van der Waals surface area contributed by atoms with Crippen LogP contribution in [0.1, 0.15) is 12.1 Å². The zero-order valence-corrected chi connectivity index (χ0v) is 6.73. The number of imidazole rings is 1. The number of carbonyl (C=O) groups excluding carboxylic acids is 1. The van der Waals surface area contributed by atoms with Gasteiger partial charge in [-0.15, -0.1) is 0 Å². The molecule has 1 heterocycles. The quantitative estimate of drug-likeness (QED) is 0.521. The molecule has 2 N–H and O–H groups in total. The number of hydrogen-bond acceptors (Lipinski definition) is 3. The van der Waals surface area contributed by atoms with Crippen molar-refractivity contribution in [1.82, 2.24) is 9.97 Å². The number of H-pyrrole nitrogens is 1. The number of aromatic nitrogens is 2. The largest absolute Gasteiger partial charge is 0.481 e. The summed E-state index contributed by atoms with van der Waals surface area (Å²) in [7, 11) is 0. The number of hydrogen-bond donors (Lipinski definition) is 2. The monoisotopic (exact) mass is 180 g/mol. The first-order chi connectivity index (χ1) is 6.18. The van der Waals surface area contributed by atoms with Gasteiger partial charge in [0.25, 0.3) is 0 Å². The average molecular weight is 180 g/mol. The second-order valence-electron chi connectivity index (χ2n) is 2.38. The third kappa shape index (κ3) is 3.33. The lowest BCUT2D eigenvalue weighted by atomic mass is 10.2. The molecule has 0 radical (unpaired) electrons. The van der Waals surface area contributed by atoms with Gasteiger partial charge >= 0.3 is 5.97 Å². The molecule has 0 unspecified atom stereocenters. The third-order valence-electron chi connectivity index (χ3n) is 1.29. The second-order valence-corrected chi connectivity index (χ2v) is 2.38. The highest BCUT2D eigenvalue weighted by Crippen LogP contribution is 1.95. The van der Waals surface area contributed by atoms with Gasteiger partial charge in [0.1, 0.15) is 6.42 Å². The van der Waals surface area contributed by atoms with E-state index in [2.05, 4.69) is 9.97 Å². The van der Waals surface area contributed by atoms with Gasteiger partial charge in [0, 0.05) is 0 Å². The predicted molar refractivity (Wildman–Crippen MR) is 44.9 cm³/mol. The predicted octanol–water partition coefficient (Wildman–Crippen LogP) is 0.467. The normalized spacial score (nSPS) is 10.5. The molecule has 1 rings (SSSR count). The molecule has 0 bridgehead atoms. The molecule has 0 aliphatic carbocycles. The molecule has 0 amide bonds. The average Bonchev–Trinajstić information content (AvgIpc) is 2.51. The van der Waals surface area contributed by atoms with E-state index in [-0.39, 0.29) is 0 Å². The minimum absolute atomic E-state index is 0.442. The zero-order valence-electron chi connectivity index (χ0n) is 6.73. The summed E-state index contributed by atoms with van der Waals surface area (Å²) in [5.41, 5.74) is 0.665. The first-order valence-corrected chi connectivity index (χ1v) is 3.59. The van der Waals surface area contributed by atoms with E-state index in [1.165, 1.54) is 24.7 Å². The number of ketones is 1. The Labute approximate surface area is 74.1 Å². The molecule has 5 nitrogen and oxygen atoms in total. The number of carbonyl (C=O) groups is 2. The van der Waals surface area contributed by atoms with Crippen molar-refractivity contribution >= 4 is 17.8 Å². The Kier molecular flexibility index (Phi) is 2.97. The van der Waals surface area contributed by atoms with Gasteiger partial charge in [0.15, 0.2) is 5.78 Å². The minimum Gasteiger partial charge on any atom is -0.481 e. The third-order valence-corrected chi connectivity index (χ3v) is 1.29. The summed E-state index contributed by atoms with van der Waals surface area (Å²) < 4.78 is 0. The van der Waals surface area contributed by atoms with Crippen LogP contribution in [-0.4, -0.2) is 26.8 Å². The molecule has 1 aromatic heterocycles. The minimum atomic E-state index is -1.13. The summed E-state index contributed by atoms with van der Waals surface area (Å²) in [6.45, 7) is 0. The first-order valence-electron chi connectivity index (χ1n) is 3.59. The molecule has 0 aliphatic rings. The maximum atomic E-state index is 10.8. The lowest BCUT2D eigenvalue weighted by Crippen LogP contribution is -2.02. The van der Waals surface area contributed by atoms with Crippen molar-refractivity contribution < 1.29 is 14.7 Å². The Balaban J connectivity index is 2.49. The fourth-order valence-corrected chi connectivity index (χ4v) is 0.748. The Morgan fingerprint density at radius 3 is 2.92 bits per heavy atom. The Bertz CT molecular complexity index is 327. The molecule has 1 aromatic rings. The van der Waals surface area contributed by atoms with Crippen LogP contribution < -0.4 is 0 Å². The van der Waals surface area contributed by atoms with Crippen LogP contribution in [0.3, 0.4) is 0 Å². The standard InChI is InChI=1S/C8H8N2O3/c11-7(3-8(12)13)2-1-6-4-9-5-10-6/h1-2,4-5H,3H2,(H,9,10)(H,12,13). The Morgan fingerprint density at radius 2 is 2.38 bits per heavy atom. The van der Waals surface area contributed by atoms with Crippen molar-refractivity contribution in [1.29, 1.82) is 0 Å². The highest BCUT2D eigenvalue weighted by molar-refractivity contribution is 6.03. The molecule has 0 saturated carbocycles. The molecule has 68 valence electrons. The van der Waals surface area contributed by atoms with E-state index >= 15 is 0 Å². The van der Waals surface area contributed by atoms with Crippen LogP contribution in [0.4, 0.5) is 0 Å². The van der Waals surface area contributed by atoms with Gasteiger partial charge in [-0.2, -0.15) is 0 Å². The second kappa shape index (κ2) is 4.20. The van der Waals surface area contributed by atoms with Gasteiger partial charge < -0.3 is 10.1 Å². The van der Waals surface area contributed by atoms with E-state index in [1.807, 2.05) is 0 Å². The summed E-state index contributed by atoms with van der Waals surface area (Å²) in [6, 6.07) is 0. The van der Waals surface area contributed by atoms with Gasteiger partial charge in [-0.3, -0.25) is 9.59 Å². The summed E-state index contributed by atoms with van der Waals surface area (Å²) >= 11 is 0. The van der Waals surface area contributed by atoms with Crippen molar-refractivity contribution in [3.8, 4) is 0 Å². The number of nitrogens with zero attached hydrogens (tertiary/aromatic N) is 1. The van der Waals surface area contributed by atoms with Crippen LogP contribution in [0.5, 0.6) is 0 Å². The molecule has 0 fully saturated rings. The summed E-state index contributed by atoms with van der Waals surface area (Å²) in [5.74, 6) is -1.57. The van der Waals surface area contributed by atoms with E-state index < -0.39 is 18.2 Å². The van der Waals surface area contributed by atoms with Crippen LogP contribution in [0.25, 0.3) is 6.08 Å². The number of allylic oxidation sites excluding steroid dienone is 1. The fourth-order valence-electron chi connectivity index (χ4n) is 0.748. The lowest BCUT2D eigenvalue weighted by molar-refractivity contribution is -0.139. The SMILES string of the molecule is O=C(O)CC(=O)C=Cc1cnc[nH]1. The Morgan fingerprint density at radius 1 is 1.62 bits per heavy atom. The highest BCUT2D eigenvalue weighted by Gasteiger charge is 2.02. The lowest BCUT2D eigenvalue weighted by Gasteiger charge is -1.86. The van der Waals surface area contributed by atoms with Crippen molar-refractivity contribution in [2.45, 2.75) is 6.42 Å². The topological polar surface area (TPSA) is 83.0 Å². The van der Waals surface area contributed by atoms with E-state index in [0.29, 0.717) is 5.69 Å². The van der Waals surface area contributed by atoms with E-state index in [0.717, 1.165) is 0 Å². The highest BCUT2D eigenvalue weighted by atomic mass is 16.4. The van der Waals surface area contributed by atoms with Crippen LogP contribution in [0, 0.1) is 0 Å². The van der Waals surface area contributed by atoms with Crippen LogP contribution in [-0.2, 0) is 9.59 Å². The van der Waals surface area contributed by atoms with Crippen molar-refractivity contribution in [3.63, 3.8) is 0 Å². The molecule has 13 heavy (non-hydrogen) atoms. The number of nitrogens with one attached hydrogen (secondary N) is 1. The number of aromatic amines is 1. The molecular formula is C8H8N2O3. The molecule has 0 aromatic carbocycles. The number of aliphatic carboxylic acids is 1. The van der Waals surface area contributed by atoms with Gasteiger partial charge in [-0.05, 0) is 12.2 Å². The molecule has 5 heteroatoms. The zero-order chi connectivity index (χ0) is 9.68. The smallest absolute Gasteiger partial charge is 0.311 e. The summed E-state index contributed by atoms with van der Waals surface area (Å²) in [4.78, 5) is 27.4. The number of carboxylic acids is 1. The van der Waals surface area contributed by atoms with Crippen LogP contribution in [0.2, 0.25) is 0 Å². The van der Waals surface area contributed by atoms with Gasteiger partial charge in [0.2, 0.25) is 0 Å². The van der Waals surface area contributed by atoms with Gasteiger partial charge in [-0.25, -0.2) is 4.98 Å². The first kappa shape index (κ1) is 9.18. The van der Waals surface area contributed by atoms with Gasteiger partial charge in [-0.1, -0.05) is 0 Å². The maximum Gasteiger partial charge on any atom is 0.311 e. The molecule has 0 spiro atoms. The maximum absolute atomic E-state index is 10.8. The summed E-state index contributed by atoms with van der Waals surface area (Å²) in [5, 5.41) is 8.27. The van der Waals surface area contributed by atoms with Crippen molar-refractivity contribution in [3.05, 3.63) is 24.3 Å². The Hall–Kier alpha value is -1.91. The van der Waals surface area contributed by atoms with Crippen LogP contribution >= 0.6 is 0 Å². The van der Waals surface area contributed by atoms with Crippen molar-refractivity contribution in [2.24, 2.45) is 0 Å². The van der Waals surface area contributed by atoms with E-state index in [9.17, 15) is 9.59 Å². The molecule has 0 atom stereocenters. The molecule has 0 saturated heterocycles. The number of carboxylic acid groups (broad SMARTS) is 1. The molecular weight excluding hydrogens is 172 g/mol. The van der Waals surface area contributed by atoms with E-state index in [4.69, 9.17) is 5.11 Å². The van der Waals surface area contributed by atoms with E-state index in [1.54, 1.807) is 0 Å². The number of rotatable bonds is 4. The molecule has 0 aliphatic heterocycles. The van der Waals surface area contributed by atoms with Crippen LogP contribution in [0.15, 0.2) is 18.6 Å². The van der Waals surface area contributed by atoms with Gasteiger partial charge in [0.05, 0.1) is 18.2 Å². The summed E-state index contributed by atoms with van der Waals surface area (Å²) in [6.07, 6.45) is 5.22. The van der Waals surface area contributed by atoms with Crippen molar-refractivity contribution in [2.75, 3.05) is 0 Å². The fraction of sp³-hybridized carbons (Fsp3) is 0.125.